The van der Waals surface area contributed by atoms with E-state index in [0.717, 1.165) is 12.1 Å². The van der Waals surface area contributed by atoms with Crippen LogP contribution in [0.2, 0.25) is 0 Å². The fraction of sp³-hybridized carbons (Fsp3) is 0.200. The van der Waals surface area contributed by atoms with Gasteiger partial charge in [0.05, 0.1) is 6.04 Å². The zero-order chi connectivity index (χ0) is 15.7. The number of hydrogen-bond acceptors (Lipinski definition) is 1. The van der Waals surface area contributed by atoms with Crippen molar-refractivity contribution < 1.29 is 22.0 Å². The van der Waals surface area contributed by atoms with Crippen LogP contribution in [-0.2, 0) is 0 Å². The van der Waals surface area contributed by atoms with Crippen LogP contribution in [-0.4, -0.2) is 7.05 Å². The summed E-state index contributed by atoms with van der Waals surface area (Å²) in [7, 11) is 1.34. The molecule has 0 heterocycles. The van der Waals surface area contributed by atoms with Gasteiger partial charge in [0.25, 0.3) is 0 Å². The lowest BCUT2D eigenvalue weighted by atomic mass is 9.95. The number of benzene rings is 2. The van der Waals surface area contributed by atoms with Crippen LogP contribution in [0.15, 0.2) is 24.3 Å². The van der Waals surface area contributed by atoms with Crippen molar-refractivity contribution in [1.29, 1.82) is 0 Å². The molecule has 0 fully saturated rings. The minimum absolute atomic E-state index is 0.162. The first-order valence-corrected chi connectivity index (χ1v) is 6.13. The molecule has 0 amide bonds. The maximum atomic E-state index is 14.1. The lowest BCUT2D eigenvalue weighted by Gasteiger charge is -2.20. The predicted octanol–water partition coefficient (Wildman–Crippen LogP) is 4.00. The van der Waals surface area contributed by atoms with Gasteiger partial charge in [-0.25, -0.2) is 22.0 Å². The van der Waals surface area contributed by atoms with Crippen LogP contribution >= 0.6 is 0 Å². The maximum absolute atomic E-state index is 14.1. The second-order valence-electron chi connectivity index (χ2n) is 4.58. The third-order valence-corrected chi connectivity index (χ3v) is 3.27. The molecule has 2 rings (SSSR count). The summed E-state index contributed by atoms with van der Waals surface area (Å²) in [6.45, 7) is 1.42. The van der Waals surface area contributed by atoms with E-state index in [4.69, 9.17) is 0 Å². The molecular formula is C15H12F5N. The highest BCUT2D eigenvalue weighted by atomic mass is 19.2. The van der Waals surface area contributed by atoms with E-state index in [1.165, 1.54) is 20.0 Å². The molecule has 0 aliphatic carbocycles. The average Bonchev–Trinajstić information content (AvgIpc) is 2.46. The highest BCUT2D eigenvalue weighted by Crippen LogP contribution is 2.31. The van der Waals surface area contributed by atoms with E-state index < -0.39 is 40.7 Å². The van der Waals surface area contributed by atoms with Gasteiger partial charge in [-0.1, -0.05) is 12.1 Å². The van der Waals surface area contributed by atoms with Crippen LogP contribution < -0.4 is 5.32 Å². The Balaban J connectivity index is 2.66. The average molecular weight is 301 g/mol. The van der Waals surface area contributed by atoms with Gasteiger partial charge in [-0.15, -0.1) is 0 Å². The summed E-state index contributed by atoms with van der Waals surface area (Å²) in [5.74, 6) is -6.28. The van der Waals surface area contributed by atoms with E-state index in [1.54, 1.807) is 0 Å². The van der Waals surface area contributed by atoms with Crippen LogP contribution in [0.1, 0.15) is 22.7 Å². The highest BCUT2D eigenvalue weighted by molar-refractivity contribution is 5.37. The van der Waals surface area contributed by atoms with Crippen LogP contribution in [0.25, 0.3) is 0 Å². The highest BCUT2D eigenvalue weighted by Gasteiger charge is 2.26. The number of rotatable bonds is 3. The van der Waals surface area contributed by atoms with Gasteiger partial charge in [0.2, 0.25) is 0 Å². The lowest BCUT2D eigenvalue weighted by molar-refractivity contribution is 0.430. The van der Waals surface area contributed by atoms with E-state index in [-0.39, 0.29) is 11.1 Å². The summed E-state index contributed by atoms with van der Waals surface area (Å²) in [4.78, 5) is 0. The Labute approximate surface area is 118 Å². The molecule has 1 atom stereocenters. The topological polar surface area (TPSA) is 12.0 Å². The number of halogens is 5. The third kappa shape index (κ3) is 2.63. The van der Waals surface area contributed by atoms with Crippen molar-refractivity contribution in [3.63, 3.8) is 0 Å². The Bertz CT molecular complexity index is 684. The standard InChI is InChI=1S/C15H12F5N/c1-7-3-5-9(16)11(12(7)18)15(21-2)8-4-6-10(17)14(20)13(8)19/h3-6,15,21H,1-2H3. The lowest BCUT2D eigenvalue weighted by Crippen LogP contribution is -2.22. The van der Waals surface area contributed by atoms with Crippen LogP contribution in [0.5, 0.6) is 0 Å². The summed E-state index contributed by atoms with van der Waals surface area (Å²) < 4.78 is 68.2. The van der Waals surface area contributed by atoms with Gasteiger partial charge in [0.15, 0.2) is 17.5 Å². The smallest absolute Gasteiger partial charge is 0.194 e. The second kappa shape index (κ2) is 5.81. The molecule has 1 N–H and O–H groups in total. The Morgan fingerprint density at radius 2 is 1.43 bits per heavy atom. The Kier molecular flexibility index (Phi) is 4.27. The minimum Gasteiger partial charge on any atom is -0.309 e. The third-order valence-electron chi connectivity index (χ3n) is 3.27. The van der Waals surface area contributed by atoms with Gasteiger partial charge in [0, 0.05) is 11.1 Å². The molecule has 0 radical (unpaired) electrons. The van der Waals surface area contributed by atoms with Crippen LogP contribution in [0, 0.1) is 36.0 Å². The Morgan fingerprint density at radius 1 is 0.810 bits per heavy atom. The molecule has 2 aromatic rings. The van der Waals surface area contributed by atoms with E-state index in [2.05, 4.69) is 5.32 Å². The van der Waals surface area contributed by atoms with Crippen molar-refractivity contribution in [1.82, 2.24) is 5.32 Å². The van der Waals surface area contributed by atoms with Crippen molar-refractivity contribution in [2.75, 3.05) is 7.05 Å². The van der Waals surface area contributed by atoms with E-state index >= 15 is 0 Å². The van der Waals surface area contributed by atoms with E-state index in [9.17, 15) is 22.0 Å². The number of aryl methyl sites for hydroxylation is 1. The number of nitrogens with one attached hydrogen (secondary N) is 1. The van der Waals surface area contributed by atoms with E-state index in [0.29, 0.717) is 6.07 Å². The molecule has 0 saturated heterocycles. The fourth-order valence-electron chi connectivity index (χ4n) is 2.16. The molecular weight excluding hydrogens is 289 g/mol. The van der Waals surface area contributed by atoms with Crippen LogP contribution in [0.4, 0.5) is 22.0 Å². The first-order valence-electron chi connectivity index (χ1n) is 6.13. The molecule has 0 bridgehead atoms. The summed E-state index contributed by atoms with van der Waals surface area (Å²) in [6.07, 6.45) is 0. The minimum atomic E-state index is -1.68. The molecule has 0 spiro atoms. The van der Waals surface area contributed by atoms with Crippen molar-refractivity contribution in [2.45, 2.75) is 13.0 Å². The van der Waals surface area contributed by atoms with Gasteiger partial charge < -0.3 is 5.32 Å². The maximum Gasteiger partial charge on any atom is 0.194 e. The van der Waals surface area contributed by atoms with Gasteiger partial charge >= 0.3 is 0 Å². The molecule has 0 aliphatic heterocycles. The quantitative estimate of drug-likeness (QED) is 0.667. The largest absolute Gasteiger partial charge is 0.309 e. The van der Waals surface area contributed by atoms with Crippen molar-refractivity contribution in [2.24, 2.45) is 0 Å². The Morgan fingerprint density at radius 3 is 2.05 bits per heavy atom. The molecule has 0 saturated carbocycles. The van der Waals surface area contributed by atoms with Crippen LogP contribution in [0.3, 0.4) is 0 Å². The fourth-order valence-corrected chi connectivity index (χ4v) is 2.16. The molecule has 6 heteroatoms. The molecule has 112 valence electrons. The number of hydrogen-bond donors (Lipinski definition) is 1. The van der Waals surface area contributed by atoms with Crippen molar-refractivity contribution in [3.05, 3.63) is 70.0 Å². The SMILES string of the molecule is CNC(c1ccc(F)c(F)c1F)c1c(F)ccc(C)c1F. The Hall–Kier alpha value is -1.95. The second-order valence-corrected chi connectivity index (χ2v) is 4.58. The zero-order valence-electron chi connectivity index (χ0n) is 11.3. The normalized spacial score (nSPS) is 12.5. The molecule has 1 unspecified atom stereocenters. The first-order chi connectivity index (χ1) is 9.88. The molecule has 1 nitrogen and oxygen atoms in total. The molecule has 21 heavy (non-hydrogen) atoms. The monoisotopic (exact) mass is 301 g/mol. The summed E-state index contributed by atoms with van der Waals surface area (Å²) in [5.41, 5.74) is -0.656. The van der Waals surface area contributed by atoms with Gasteiger partial charge in [-0.3, -0.25) is 0 Å². The zero-order valence-corrected chi connectivity index (χ0v) is 11.3. The van der Waals surface area contributed by atoms with E-state index in [1.807, 2.05) is 0 Å². The van der Waals surface area contributed by atoms with Gasteiger partial charge in [-0.2, -0.15) is 0 Å². The molecule has 2 aromatic carbocycles. The first kappa shape index (κ1) is 15.4. The summed E-state index contributed by atoms with van der Waals surface area (Å²) in [6, 6.07) is 2.66. The molecule has 0 aromatic heterocycles. The van der Waals surface area contributed by atoms with Gasteiger partial charge in [0.1, 0.15) is 11.6 Å². The van der Waals surface area contributed by atoms with Crippen molar-refractivity contribution in [3.8, 4) is 0 Å². The summed E-state index contributed by atoms with van der Waals surface area (Å²) >= 11 is 0. The molecule has 0 aliphatic rings. The predicted molar refractivity (Wildman–Crippen MR) is 68.3 cm³/mol. The van der Waals surface area contributed by atoms with Gasteiger partial charge in [-0.05, 0) is 31.7 Å². The summed E-state index contributed by atoms with van der Waals surface area (Å²) in [5, 5.41) is 2.52. The van der Waals surface area contributed by atoms with Crippen molar-refractivity contribution >= 4 is 0 Å².